The van der Waals surface area contributed by atoms with Crippen molar-refractivity contribution < 1.29 is 17.9 Å². The van der Waals surface area contributed by atoms with E-state index < -0.39 is 9.84 Å². The summed E-state index contributed by atoms with van der Waals surface area (Å²) in [6.07, 6.45) is 4.75. The maximum Gasteiger partial charge on any atom is 0.245 e. The average Bonchev–Trinajstić information content (AvgIpc) is 3.32. The summed E-state index contributed by atoms with van der Waals surface area (Å²) >= 11 is 0. The number of methoxy groups -OCH3 is 1. The first-order valence-electron chi connectivity index (χ1n) is 12.3. The summed E-state index contributed by atoms with van der Waals surface area (Å²) in [5.41, 5.74) is 9.53. The molecular weight excluding hydrogens is 504 g/mol. The lowest BCUT2D eigenvalue weighted by Crippen LogP contribution is -2.39. The quantitative estimate of drug-likeness (QED) is 0.352. The smallest absolute Gasteiger partial charge is 0.245 e. The van der Waals surface area contributed by atoms with E-state index in [1.807, 2.05) is 30.3 Å². The van der Waals surface area contributed by atoms with Crippen molar-refractivity contribution in [1.82, 2.24) is 19.5 Å². The molecule has 1 aliphatic heterocycles. The number of nitrogens with one attached hydrogen (secondary N) is 1. The van der Waals surface area contributed by atoms with Crippen molar-refractivity contribution in [3.8, 4) is 17.0 Å². The molecule has 0 radical (unpaired) electrons. The van der Waals surface area contributed by atoms with Gasteiger partial charge in [0.25, 0.3) is 0 Å². The Labute approximate surface area is 221 Å². The van der Waals surface area contributed by atoms with Gasteiger partial charge in [-0.2, -0.15) is 0 Å². The minimum Gasteiger partial charge on any atom is -0.496 e. The predicted octanol–water partition coefficient (Wildman–Crippen LogP) is 3.22. The van der Waals surface area contributed by atoms with E-state index in [0.29, 0.717) is 18.4 Å². The second-order valence-corrected chi connectivity index (χ2v) is 11.6. The Hall–Kier alpha value is -3.96. The van der Waals surface area contributed by atoms with Crippen molar-refractivity contribution in [3.05, 3.63) is 66.4 Å². The van der Waals surface area contributed by atoms with E-state index in [-0.39, 0.29) is 10.8 Å². The van der Waals surface area contributed by atoms with Crippen LogP contribution in [-0.4, -0.2) is 66.8 Å². The normalized spacial score (nSPS) is 15.0. The van der Waals surface area contributed by atoms with E-state index in [2.05, 4.69) is 26.4 Å². The number of nitrogens with zero attached hydrogens (tertiary/aromatic N) is 4. The maximum absolute atomic E-state index is 12.0. The number of anilines is 2. The third kappa shape index (κ3) is 5.48. The molecule has 3 heterocycles. The van der Waals surface area contributed by atoms with Crippen LogP contribution in [0.4, 0.5) is 11.6 Å². The van der Waals surface area contributed by atoms with Crippen LogP contribution in [0.3, 0.4) is 0 Å². The first-order chi connectivity index (χ1) is 18.2. The van der Waals surface area contributed by atoms with Crippen molar-refractivity contribution in [2.75, 3.05) is 38.3 Å². The molecule has 1 aliphatic rings. The van der Waals surface area contributed by atoms with Gasteiger partial charge in [-0.1, -0.05) is 18.2 Å². The largest absolute Gasteiger partial charge is 0.496 e. The number of ether oxygens (including phenoxy) is 1. The molecule has 4 aromatic rings. The number of hydrogen-bond donors (Lipinski definition) is 2. The van der Waals surface area contributed by atoms with Crippen LogP contribution in [0.2, 0.25) is 0 Å². The molecule has 2 aromatic carbocycles. The number of hydrogen-bond acceptors (Lipinski definition) is 8. The zero-order chi connectivity index (χ0) is 26.9. The molecule has 1 saturated heterocycles. The number of primary amides is 1. The molecule has 5 rings (SSSR count). The predicted molar refractivity (Wildman–Crippen MR) is 145 cm³/mol. The minimum atomic E-state index is -3.33. The van der Waals surface area contributed by atoms with E-state index in [0.717, 1.165) is 59.7 Å². The molecule has 2 aromatic heterocycles. The molecule has 10 nitrogen and oxygen atoms in total. The minimum absolute atomic E-state index is 0.253. The number of rotatable bonds is 8. The number of nitrogens with two attached hydrogens (primary N) is 1. The number of carbonyl (C=O) groups is 1. The number of sulfone groups is 1. The van der Waals surface area contributed by atoms with Crippen molar-refractivity contribution in [2.45, 2.75) is 23.7 Å². The maximum atomic E-state index is 12.0. The van der Waals surface area contributed by atoms with Crippen molar-refractivity contribution in [2.24, 2.45) is 5.73 Å². The zero-order valence-electron chi connectivity index (χ0n) is 21.3. The van der Waals surface area contributed by atoms with Crippen LogP contribution in [0.25, 0.3) is 16.8 Å². The Kier molecular flexibility index (Phi) is 7.04. The molecule has 0 atom stereocenters. The van der Waals surface area contributed by atoms with Gasteiger partial charge in [-0.25, -0.2) is 17.9 Å². The Bertz CT molecular complexity index is 1590. The number of likely N-dealkylation sites (tertiary alicyclic amines) is 1. The molecule has 0 bridgehead atoms. The van der Waals surface area contributed by atoms with Gasteiger partial charge in [-0.05, 0) is 67.7 Å². The third-order valence-electron chi connectivity index (χ3n) is 6.85. The lowest BCUT2D eigenvalue weighted by Gasteiger charge is -2.32. The molecular formula is C27H30N6O4S. The molecule has 1 fully saturated rings. The number of fused-ring (bicyclic) bond motifs is 1. The highest BCUT2D eigenvalue weighted by molar-refractivity contribution is 7.90. The van der Waals surface area contributed by atoms with Crippen LogP contribution in [0, 0.1) is 0 Å². The molecule has 0 spiro atoms. The standard InChI is InChI=1S/C27H30N6O4S/c1-37-25-15-20(6-8-23(25)18-10-12-32(13-11-18)17-26(28)34)30-27-29-16-21-7-9-24(33(21)31-27)19-4-3-5-22(14-19)38(2,35)36/h3-9,14-16,18H,10-13,17H2,1-2H3,(H2,28,34)(H,30,31). The molecule has 0 aliphatic carbocycles. The fourth-order valence-electron chi connectivity index (χ4n) is 4.94. The van der Waals surface area contributed by atoms with Crippen molar-refractivity contribution in [1.29, 1.82) is 0 Å². The lowest BCUT2D eigenvalue weighted by atomic mass is 9.88. The summed E-state index contributed by atoms with van der Waals surface area (Å²) < 4.78 is 31.5. The molecule has 1 amide bonds. The highest BCUT2D eigenvalue weighted by Gasteiger charge is 2.24. The van der Waals surface area contributed by atoms with Crippen LogP contribution >= 0.6 is 0 Å². The van der Waals surface area contributed by atoms with E-state index >= 15 is 0 Å². The van der Waals surface area contributed by atoms with Crippen LogP contribution in [-0.2, 0) is 14.6 Å². The fraction of sp³-hybridized carbons (Fsp3) is 0.296. The molecule has 198 valence electrons. The highest BCUT2D eigenvalue weighted by Crippen LogP contribution is 2.36. The fourth-order valence-corrected chi connectivity index (χ4v) is 5.61. The van der Waals surface area contributed by atoms with Crippen LogP contribution in [0.1, 0.15) is 24.3 Å². The summed E-state index contributed by atoms with van der Waals surface area (Å²) in [6, 6.07) is 16.6. The summed E-state index contributed by atoms with van der Waals surface area (Å²) in [4.78, 5) is 18.0. The monoisotopic (exact) mass is 534 g/mol. The second-order valence-electron chi connectivity index (χ2n) is 9.54. The number of carbonyl (C=O) groups excluding carboxylic acids is 1. The van der Waals surface area contributed by atoms with Gasteiger partial charge in [0.1, 0.15) is 5.75 Å². The first-order valence-corrected chi connectivity index (χ1v) is 14.2. The van der Waals surface area contributed by atoms with Crippen molar-refractivity contribution >= 4 is 32.9 Å². The Morgan fingerprint density at radius 1 is 1.13 bits per heavy atom. The summed E-state index contributed by atoms with van der Waals surface area (Å²) in [5, 5.41) is 7.91. The number of piperidine rings is 1. The summed E-state index contributed by atoms with van der Waals surface area (Å²) in [7, 11) is -1.67. The van der Waals surface area contributed by atoms with Crippen LogP contribution in [0.15, 0.2) is 65.7 Å². The van der Waals surface area contributed by atoms with Gasteiger partial charge in [-0.3, -0.25) is 9.69 Å². The number of amides is 1. The van der Waals surface area contributed by atoms with Crippen LogP contribution in [0.5, 0.6) is 5.75 Å². The summed E-state index contributed by atoms with van der Waals surface area (Å²) in [5.74, 6) is 1.21. The molecule has 3 N–H and O–H groups in total. The van der Waals surface area contributed by atoms with E-state index in [9.17, 15) is 13.2 Å². The molecule has 0 saturated carbocycles. The van der Waals surface area contributed by atoms with E-state index in [1.54, 1.807) is 36.0 Å². The van der Waals surface area contributed by atoms with Crippen molar-refractivity contribution in [3.63, 3.8) is 0 Å². The van der Waals surface area contributed by atoms with Gasteiger partial charge in [-0.15, -0.1) is 5.10 Å². The Balaban J connectivity index is 1.37. The van der Waals surface area contributed by atoms with Gasteiger partial charge in [0, 0.05) is 23.6 Å². The van der Waals surface area contributed by atoms with Gasteiger partial charge in [0.15, 0.2) is 9.84 Å². The Morgan fingerprint density at radius 3 is 2.63 bits per heavy atom. The second kappa shape index (κ2) is 10.4. The van der Waals surface area contributed by atoms with Gasteiger partial charge in [0.05, 0.1) is 36.0 Å². The average molecular weight is 535 g/mol. The van der Waals surface area contributed by atoms with E-state index in [1.165, 1.54) is 6.26 Å². The van der Waals surface area contributed by atoms with Gasteiger partial charge in [0.2, 0.25) is 11.9 Å². The highest BCUT2D eigenvalue weighted by atomic mass is 32.2. The van der Waals surface area contributed by atoms with Gasteiger partial charge >= 0.3 is 0 Å². The molecule has 38 heavy (non-hydrogen) atoms. The van der Waals surface area contributed by atoms with Gasteiger partial charge < -0.3 is 15.8 Å². The third-order valence-corrected chi connectivity index (χ3v) is 7.96. The molecule has 0 unspecified atom stereocenters. The molecule has 11 heteroatoms. The summed E-state index contributed by atoms with van der Waals surface area (Å²) in [6.45, 7) is 1.93. The SMILES string of the molecule is COc1cc(Nc2ncc3ccc(-c4cccc(S(C)(=O)=O)c4)n3n2)ccc1C1CCN(CC(N)=O)CC1. The Morgan fingerprint density at radius 2 is 1.92 bits per heavy atom. The zero-order valence-corrected chi connectivity index (χ0v) is 22.1. The first kappa shape index (κ1) is 25.7. The topological polar surface area (TPSA) is 132 Å². The number of benzene rings is 2. The number of aromatic nitrogens is 3. The van der Waals surface area contributed by atoms with Crippen LogP contribution < -0.4 is 15.8 Å². The van der Waals surface area contributed by atoms with E-state index in [4.69, 9.17) is 10.5 Å². The lowest BCUT2D eigenvalue weighted by molar-refractivity contribution is -0.119.